The zero-order valence-electron chi connectivity index (χ0n) is 16.8. The lowest BCUT2D eigenvalue weighted by Gasteiger charge is -2.15. The highest BCUT2D eigenvalue weighted by Crippen LogP contribution is 2.29. The van der Waals surface area contributed by atoms with E-state index in [0.29, 0.717) is 35.7 Å². The quantitative estimate of drug-likeness (QED) is 0.544. The molecule has 1 atom stereocenters. The maximum absolute atomic E-state index is 12.8. The van der Waals surface area contributed by atoms with Crippen LogP contribution >= 0.6 is 0 Å². The van der Waals surface area contributed by atoms with Crippen LogP contribution in [0.1, 0.15) is 34.0 Å². The summed E-state index contributed by atoms with van der Waals surface area (Å²) in [6.45, 7) is 2.32. The van der Waals surface area contributed by atoms with Crippen LogP contribution in [0, 0.1) is 0 Å². The first-order valence-electron chi connectivity index (χ1n) is 9.63. The van der Waals surface area contributed by atoms with Crippen molar-refractivity contribution in [3.8, 4) is 11.6 Å². The predicted octanol–water partition coefficient (Wildman–Crippen LogP) is 4.71. The average molecular weight is 429 g/mol. The molecule has 1 heterocycles. The number of carbonyl (C=O) groups excluding carboxylic acids is 1. The Hall–Kier alpha value is -3.39. The maximum Gasteiger partial charge on any atom is 0.416 e. The highest BCUT2D eigenvalue weighted by Gasteiger charge is 2.30. The van der Waals surface area contributed by atoms with Crippen LogP contribution < -0.4 is 15.8 Å². The van der Waals surface area contributed by atoms with Crippen LogP contribution in [0.2, 0.25) is 0 Å². The van der Waals surface area contributed by atoms with Gasteiger partial charge in [0.2, 0.25) is 11.8 Å². The fourth-order valence-corrected chi connectivity index (χ4v) is 2.98. The Labute approximate surface area is 178 Å². The Morgan fingerprint density at radius 3 is 2.45 bits per heavy atom. The topological polar surface area (TPSA) is 77.2 Å². The van der Waals surface area contributed by atoms with Crippen molar-refractivity contribution in [2.45, 2.75) is 32.1 Å². The number of pyridine rings is 1. The second kappa shape index (κ2) is 9.61. The molecule has 0 saturated heterocycles. The number of amides is 1. The normalized spacial score (nSPS) is 12.4. The number of benzene rings is 2. The summed E-state index contributed by atoms with van der Waals surface area (Å²) in [5, 5.41) is 3.25. The summed E-state index contributed by atoms with van der Waals surface area (Å²) in [5.41, 5.74) is 6.47. The monoisotopic (exact) mass is 429 g/mol. The Morgan fingerprint density at radius 2 is 1.84 bits per heavy atom. The van der Waals surface area contributed by atoms with E-state index in [-0.39, 0.29) is 6.04 Å². The van der Waals surface area contributed by atoms with Gasteiger partial charge in [-0.05, 0) is 48.7 Å². The molecule has 3 N–H and O–H groups in total. The molecule has 0 aliphatic carbocycles. The van der Waals surface area contributed by atoms with Crippen molar-refractivity contribution in [3.63, 3.8) is 0 Å². The minimum Gasteiger partial charge on any atom is -0.439 e. The maximum atomic E-state index is 12.8. The highest BCUT2D eigenvalue weighted by molar-refractivity contribution is 5.92. The van der Waals surface area contributed by atoms with Crippen molar-refractivity contribution in [2.24, 2.45) is 5.73 Å². The van der Waals surface area contributed by atoms with E-state index in [0.717, 1.165) is 17.7 Å². The van der Waals surface area contributed by atoms with E-state index in [1.165, 1.54) is 18.3 Å². The number of aromatic nitrogens is 1. The molecule has 3 aromatic rings. The fourth-order valence-electron chi connectivity index (χ4n) is 2.98. The first-order chi connectivity index (χ1) is 14.7. The van der Waals surface area contributed by atoms with Gasteiger partial charge in [0.25, 0.3) is 0 Å². The van der Waals surface area contributed by atoms with Gasteiger partial charge in [-0.1, -0.05) is 30.3 Å². The fraction of sp³-hybridized carbons (Fsp3) is 0.217. The number of carbonyl (C=O) groups is 1. The van der Waals surface area contributed by atoms with Gasteiger partial charge in [-0.3, -0.25) is 4.79 Å². The number of nitrogens with one attached hydrogen (secondary N) is 1. The molecule has 0 saturated carbocycles. The number of halogens is 3. The van der Waals surface area contributed by atoms with Gasteiger partial charge in [0.1, 0.15) is 5.75 Å². The van der Waals surface area contributed by atoms with Crippen LogP contribution in [0.5, 0.6) is 11.6 Å². The molecule has 0 aliphatic heterocycles. The van der Waals surface area contributed by atoms with Gasteiger partial charge in [0, 0.05) is 24.8 Å². The third kappa shape index (κ3) is 6.55. The Balaban J connectivity index is 1.52. The van der Waals surface area contributed by atoms with E-state index in [2.05, 4.69) is 10.3 Å². The van der Waals surface area contributed by atoms with Crippen molar-refractivity contribution in [1.29, 1.82) is 0 Å². The van der Waals surface area contributed by atoms with Crippen LogP contribution in [0.25, 0.3) is 0 Å². The molecular weight excluding hydrogens is 407 g/mol. The van der Waals surface area contributed by atoms with Crippen molar-refractivity contribution in [2.75, 3.05) is 0 Å². The molecule has 1 amide bonds. The summed E-state index contributed by atoms with van der Waals surface area (Å²) in [7, 11) is 0. The Morgan fingerprint density at radius 1 is 1.10 bits per heavy atom. The van der Waals surface area contributed by atoms with Gasteiger partial charge in [-0.15, -0.1) is 0 Å². The molecule has 0 aliphatic rings. The molecule has 8 heteroatoms. The number of hydrogen-bond acceptors (Lipinski definition) is 4. The van der Waals surface area contributed by atoms with Gasteiger partial charge in [-0.2, -0.15) is 13.2 Å². The largest absolute Gasteiger partial charge is 0.439 e. The molecule has 2 aromatic carbocycles. The Kier molecular flexibility index (Phi) is 6.91. The Bertz CT molecular complexity index is 1020. The first-order valence-corrected chi connectivity index (χ1v) is 9.63. The highest BCUT2D eigenvalue weighted by atomic mass is 19.4. The van der Waals surface area contributed by atoms with E-state index < -0.39 is 17.6 Å². The van der Waals surface area contributed by atoms with E-state index in [1.807, 2.05) is 19.1 Å². The molecule has 31 heavy (non-hydrogen) atoms. The predicted molar refractivity (Wildman–Crippen MR) is 111 cm³/mol. The van der Waals surface area contributed by atoms with Gasteiger partial charge in [-0.25, -0.2) is 4.98 Å². The van der Waals surface area contributed by atoms with Crippen molar-refractivity contribution in [1.82, 2.24) is 10.3 Å². The van der Waals surface area contributed by atoms with Gasteiger partial charge >= 0.3 is 6.18 Å². The second-order valence-corrected chi connectivity index (χ2v) is 7.18. The third-order valence-corrected chi connectivity index (χ3v) is 4.62. The summed E-state index contributed by atoms with van der Waals surface area (Å²) in [5.74, 6) is 0.376. The molecule has 162 valence electrons. The number of alkyl halides is 3. The number of nitrogens with zero attached hydrogens (tertiary/aromatic N) is 1. The summed E-state index contributed by atoms with van der Waals surface area (Å²) in [6, 6.07) is 15.9. The molecule has 1 aromatic heterocycles. The van der Waals surface area contributed by atoms with Crippen LogP contribution in [0.15, 0.2) is 66.9 Å². The van der Waals surface area contributed by atoms with Crippen molar-refractivity contribution >= 4 is 5.91 Å². The van der Waals surface area contributed by atoms with E-state index in [4.69, 9.17) is 10.5 Å². The lowest BCUT2D eigenvalue weighted by molar-refractivity contribution is -0.137. The lowest BCUT2D eigenvalue weighted by Crippen LogP contribution is -2.27. The van der Waals surface area contributed by atoms with Crippen molar-refractivity contribution < 1.29 is 22.7 Å². The minimum absolute atomic E-state index is 0.0596. The van der Waals surface area contributed by atoms with Crippen LogP contribution in [0.4, 0.5) is 13.2 Å². The van der Waals surface area contributed by atoms with Crippen LogP contribution in [-0.2, 0) is 19.1 Å². The molecule has 0 radical (unpaired) electrons. The number of rotatable bonds is 8. The number of ether oxygens (including phenoxy) is 1. The smallest absolute Gasteiger partial charge is 0.416 e. The lowest BCUT2D eigenvalue weighted by atomic mass is 10.1. The minimum atomic E-state index is -4.34. The van der Waals surface area contributed by atoms with E-state index >= 15 is 0 Å². The molecule has 0 bridgehead atoms. The van der Waals surface area contributed by atoms with Gasteiger partial charge < -0.3 is 15.8 Å². The van der Waals surface area contributed by atoms with Crippen LogP contribution in [0.3, 0.4) is 0 Å². The zero-order chi connectivity index (χ0) is 22.4. The van der Waals surface area contributed by atoms with Gasteiger partial charge in [0.05, 0.1) is 11.1 Å². The summed E-state index contributed by atoms with van der Waals surface area (Å²) >= 11 is 0. The third-order valence-electron chi connectivity index (χ3n) is 4.62. The summed E-state index contributed by atoms with van der Waals surface area (Å²) in [6.07, 6.45) is -2.29. The van der Waals surface area contributed by atoms with E-state index in [9.17, 15) is 18.0 Å². The number of primary amides is 1. The molecule has 1 unspecified atom stereocenters. The van der Waals surface area contributed by atoms with Crippen molar-refractivity contribution in [3.05, 3.63) is 89.1 Å². The standard InChI is InChI=1S/C23H22F3N3O2/c1-15(28-13-17-3-2-4-19(12-17)23(24,25)26)11-16-5-8-20(9-6-16)31-21-10-7-18(14-29-21)22(27)30/h2-10,12,14-15,28H,11,13H2,1H3,(H2,27,30). The van der Waals surface area contributed by atoms with E-state index in [1.54, 1.807) is 24.3 Å². The molecule has 5 nitrogen and oxygen atoms in total. The van der Waals surface area contributed by atoms with Gasteiger partial charge in [0.15, 0.2) is 0 Å². The number of nitrogens with two attached hydrogens (primary N) is 1. The number of hydrogen-bond donors (Lipinski definition) is 2. The summed E-state index contributed by atoms with van der Waals surface area (Å²) in [4.78, 5) is 15.1. The zero-order valence-corrected chi connectivity index (χ0v) is 16.8. The molecule has 3 rings (SSSR count). The SMILES string of the molecule is CC(Cc1ccc(Oc2ccc(C(N)=O)cn2)cc1)NCc1cccc(C(F)(F)F)c1. The molecule has 0 fully saturated rings. The average Bonchev–Trinajstić information content (AvgIpc) is 2.74. The molecular formula is C23H22F3N3O2. The van der Waals surface area contributed by atoms with Crippen LogP contribution in [-0.4, -0.2) is 16.9 Å². The summed E-state index contributed by atoms with van der Waals surface area (Å²) < 4.78 is 44.1. The first kappa shape index (κ1) is 22.3. The second-order valence-electron chi connectivity index (χ2n) is 7.18. The molecule has 0 spiro atoms.